The van der Waals surface area contributed by atoms with Gasteiger partial charge in [0, 0.05) is 12.6 Å². The summed E-state index contributed by atoms with van der Waals surface area (Å²) in [5.41, 5.74) is 0.841. The molecule has 1 aromatic carbocycles. The number of aromatic nitrogens is 3. The first kappa shape index (κ1) is 12.0. The quantitative estimate of drug-likeness (QED) is 0.800. The standard InChI is InChI=1S/C11H9ClN4S/c1-16-10(8-4-2-3-5-9(8)12)14-15-11(16)17-7-6-13/h2-5H,7H2,1H3. The average molecular weight is 265 g/mol. The predicted molar refractivity (Wildman–Crippen MR) is 67.8 cm³/mol. The van der Waals surface area contributed by atoms with Crippen LogP contribution < -0.4 is 0 Å². The van der Waals surface area contributed by atoms with Gasteiger partial charge in [-0.3, -0.25) is 0 Å². The van der Waals surface area contributed by atoms with Gasteiger partial charge in [-0.15, -0.1) is 10.2 Å². The van der Waals surface area contributed by atoms with E-state index in [2.05, 4.69) is 16.3 Å². The number of nitriles is 1. The molecule has 2 aromatic rings. The molecule has 0 bridgehead atoms. The van der Waals surface area contributed by atoms with Gasteiger partial charge in [-0.1, -0.05) is 35.5 Å². The van der Waals surface area contributed by atoms with Gasteiger partial charge in [-0.2, -0.15) is 5.26 Å². The van der Waals surface area contributed by atoms with Crippen LogP contribution in [0.5, 0.6) is 0 Å². The maximum absolute atomic E-state index is 8.54. The van der Waals surface area contributed by atoms with E-state index in [0.717, 1.165) is 5.56 Å². The van der Waals surface area contributed by atoms with Crippen molar-refractivity contribution < 1.29 is 0 Å². The van der Waals surface area contributed by atoms with Crippen LogP contribution in [-0.4, -0.2) is 20.5 Å². The van der Waals surface area contributed by atoms with Gasteiger partial charge in [0.25, 0.3) is 0 Å². The third kappa shape index (κ3) is 2.43. The molecular weight excluding hydrogens is 256 g/mol. The van der Waals surface area contributed by atoms with Gasteiger partial charge in [-0.05, 0) is 12.1 Å². The summed E-state index contributed by atoms with van der Waals surface area (Å²) in [6, 6.07) is 9.54. The second-order valence-corrected chi connectivity index (χ2v) is 4.64. The molecule has 0 aliphatic carbocycles. The van der Waals surface area contributed by atoms with E-state index in [9.17, 15) is 0 Å². The van der Waals surface area contributed by atoms with E-state index in [1.54, 1.807) is 0 Å². The number of hydrogen-bond acceptors (Lipinski definition) is 4. The van der Waals surface area contributed by atoms with Crippen LogP contribution in [0.4, 0.5) is 0 Å². The third-order valence-electron chi connectivity index (χ3n) is 2.22. The molecule has 0 aliphatic heterocycles. The van der Waals surface area contributed by atoms with Crippen molar-refractivity contribution in [2.45, 2.75) is 5.16 Å². The first-order chi connectivity index (χ1) is 8.24. The third-order valence-corrected chi connectivity index (χ3v) is 3.43. The topological polar surface area (TPSA) is 54.5 Å². The van der Waals surface area contributed by atoms with Crippen molar-refractivity contribution in [2.24, 2.45) is 7.05 Å². The highest BCUT2D eigenvalue weighted by molar-refractivity contribution is 7.99. The summed E-state index contributed by atoms with van der Waals surface area (Å²) in [5.74, 6) is 1.06. The van der Waals surface area contributed by atoms with Gasteiger partial charge in [0.1, 0.15) is 0 Å². The zero-order valence-electron chi connectivity index (χ0n) is 9.09. The minimum absolute atomic E-state index is 0.356. The predicted octanol–water partition coefficient (Wildman–Crippen LogP) is 2.75. The number of halogens is 1. The highest BCUT2D eigenvalue weighted by Crippen LogP contribution is 2.27. The summed E-state index contributed by atoms with van der Waals surface area (Å²) in [6.07, 6.45) is 0. The summed E-state index contributed by atoms with van der Waals surface area (Å²) in [7, 11) is 1.86. The van der Waals surface area contributed by atoms with Crippen LogP contribution in [0.15, 0.2) is 29.4 Å². The molecule has 0 N–H and O–H groups in total. The lowest BCUT2D eigenvalue weighted by atomic mass is 10.2. The van der Waals surface area contributed by atoms with E-state index in [1.807, 2.05) is 35.9 Å². The van der Waals surface area contributed by atoms with Gasteiger partial charge in [-0.25, -0.2) is 0 Å². The molecule has 17 heavy (non-hydrogen) atoms. The Morgan fingerprint density at radius 2 is 2.18 bits per heavy atom. The largest absolute Gasteiger partial charge is 0.305 e. The minimum Gasteiger partial charge on any atom is -0.305 e. The second-order valence-electron chi connectivity index (χ2n) is 3.29. The van der Waals surface area contributed by atoms with Crippen LogP contribution in [0.2, 0.25) is 5.02 Å². The normalized spacial score (nSPS) is 10.2. The summed E-state index contributed by atoms with van der Waals surface area (Å²) < 4.78 is 1.84. The van der Waals surface area contributed by atoms with Gasteiger partial charge in [0.05, 0.1) is 16.8 Å². The molecular formula is C11H9ClN4S. The maximum Gasteiger partial charge on any atom is 0.192 e. The fraction of sp³-hybridized carbons (Fsp3) is 0.182. The summed E-state index contributed by atoms with van der Waals surface area (Å²) >= 11 is 7.46. The molecule has 4 nitrogen and oxygen atoms in total. The SMILES string of the molecule is Cn1c(SCC#N)nnc1-c1ccccc1Cl. The average Bonchev–Trinajstić information content (AvgIpc) is 2.69. The molecule has 0 fully saturated rings. The molecule has 1 heterocycles. The Kier molecular flexibility index (Phi) is 3.67. The summed E-state index contributed by atoms with van der Waals surface area (Å²) in [4.78, 5) is 0. The molecule has 2 rings (SSSR count). The van der Waals surface area contributed by atoms with Crippen molar-refractivity contribution in [1.29, 1.82) is 5.26 Å². The number of benzene rings is 1. The molecule has 6 heteroatoms. The number of nitrogens with zero attached hydrogens (tertiary/aromatic N) is 4. The van der Waals surface area contributed by atoms with E-state index in [0.29, 0.717) is 21.8 Å². The van der Waals surface area contributed by atoms with E-state index < -0.39 is 0 Å². The second kappa shape index (κ2) is 5.21. The van der Waals surface area contributed by atoms with Crippen molar-refractivity contribution in [3.8, 4) is 17.5 Å². The first-order valence-corrected chi connectivity index (χ1v) is 6.24. The van der Waals surface area contributed by atoms with Gasteiger partial charge in [0.15, 0.2) is 11.0 Å². The molecule has 0 saturated heterocycles. The van der Waals surface area contributed by atoms with Crippen molar-refractivity contribution in [1.82, 2.24) is 14.8 Å². The summed E-state index contributed by atoms with van der Waals surface area (Å²) in [6.45, 7) is 0. The monoisotopic (exact) mass is 264 g/mol. The maximum atomic E-state index is 8.54. The molecule has 0 saturated carbocycles. The Morgan fingerprint density at radius 1 is 1.41 bits per heavy atom. The molecule has 0 atom stereocenters. The Hall–Kier alpha value is -1.51. The van der Waals surface area contributed by atoms with Crippen LogP contribution in [0.25, 0.3) is 11.4 Å². The van der Waals surface area contributed by atoms with Crippen LogP contribution >= 0.6 is 23.4 Å². The lowest BCUT2D eigenvalue weighted by Gasteiger charge is -2.03. The first-order valence-electron chi connectivity index (χ1n) is 4.88. The van der Waals surface area contributed by atoms with Crippen LogP contribution in [0, 0.1) is 11.3 Å². The van der Waals surface area contributed by atoms with Crippen LogP contribution in [0.3, 0.4) is 0 Å². The lowest BCUT2D eigenvalue weighted by Crippen LogP contribution is -1.95. The van der Waals surface area contributed by atoms with E-state index in [4.69, 9.17) is 16.9 Å². The zero-order valence-corrected chi connectivity index (χ0v) is 10.7. The molecule has 0 spiro atoms. The lowest BCUT2D eigenvalue weighted by molar-refractivity contribution is 0.795. The van der Waals surface area contributed by atoms with E-state index in [-0.39, 0.29) is 0 Å². The number of hydrogen-bond donors (Lipinski definition) is 0. The van der Waals surface area contributed by atoms with E-state index in [1.165, 1.54) is 11.8 Å². The van der Waals surface area contributed by atoms with Crippen molar-refractivity contribution in [3.05, 3.63) is 29.3 Å². The Morgan fingerprint density at radius 3 is 2.88 bits per heavy atom. The Labute approximate surface area is 108 Å². The summed E-state index contributed by atoms with van der Waals surface area (Å²) in [5, 5.41) is 18.0. The number of thioether (sulfide) groups is 1. The van der Waals surface area contributed by atoms with Crippen molar-refractivity contribution >= 4 is 23.4 Å². The highest BCUT2D eigenvalue weighted by Gasteiger charge is 2.12. The molecule has 1 aromatic heterocycles. The molecule has 0 unspecified atom stereocenters. The van der Waals surface area contributed by atoms with Gasteiger partial charge in [0.2, 0.25) is 0 Å². The van der Waals surface area contributed by atoms with E-state index >= 15 is 0 Å². The number of rotatable bonds is 3. The Bertz CT molecular complexity index is 573. The van der Waals surface area contributed by atoms with Crippen LogP contribution in [-0.2, 0) is 7.05 Å². The van der Waals surface area contributed by atoms with Crippen molar-refractivity contribution in [2.75, 3.05) is 5.75 Å². The molecule has 86 valence electrons. The molecule has 0 aliphatic rings. The highest BCUT2D eigenvalue weighted by atomic mass is 35.5. The molecule has 0 radical (unpaired) electrons. The van der Waals surface area contributed by atoms with Crippen LogP contribution in [0.1, 0.15) is 0 Å². The fourth-order valence-corrected chi connectivity index (χ4v) is 2.21. The minimum atomic E-state index is 0.356. The zero-order chi connectivity index (χ0) is 12.3. The van der Waals surface area contributed by atoms with Gasteiger partial charge >= 0.3 is 0 Å². The molecule has 0 amide bonds. The Balaban J connectivity index is 2.38. The van der Waals surface area contributed by atoms with Gasteiger partial charge < -0.3 is 4.57 Å². The smallest absolute Gasteiger partial charge is 0.192 e. The fourth-order valence-electron chi connectivity index (χ4n) is 1.41. The van der Waals surface area contributed by atoms with Crippen molar-refractivity contribution in [3.63, 3.8) is 0 Å².